The summed E-state index contributed by atoms with van der Waals surface area (Å²) in [5.74, 6) is -0.256. The highest BCUT2D eigenvalue weighted by atomic mass is 16.2. The maximum absolute atomic E-state index is 13.4. The van der Waals surface area contributed by atoms with E-state index in [-0.39, 0.29) is 11.8 Å². The van der Waals surface area contributed by atoms with Crippen molar-refractivity contribution in [1.29, 1.82) is 0 Å². The van der Waals surface area contributed by atoms with E-state index in [0.717, 1.165) is 22.3 Å². The van der Waals surface area contributed by atoms with Crippen molar-refractivity contribution in [3.8, 4) is 0 Å². The molecule has 0 radical (unpaired) electrons. The van der Waals surface area contributed by atoms with Crippen LogP contribution in [0.1, 0.15) is 39.5 Å². The fourth-order valence-corrected chi connectivity index (χ4v) is 3.17. The van der Waals surface area contributed by atoms with Crippen LogP contribution in [0, 0.1) is 13.8 Å². The third-order valence-corrected chi connectivity index (χ3v) is 4.80. The first-order valence-electron chi connectivity index (χ1n) is 9.55. The van der Waals surface area contributed by atoms with E-state index < -0.39 is 0 Å². The van der Waals surface area contributed by atoms with Gasteiger partial charge in [-0.3, -0.25) is 14.6 Å². The van der Waals surface area contributed by atoms with Crippen molar-refractivity contribution in [2.75, 3.05) is 5.32 Å². The van der Waals surface area contributed by atoms with Gasteiger partial charge in [0.1, 0.15) is 0 Å². The molecule has 5 nitrogen and oxygen atoms in total. The molecule has 1 N–H and O–H groups in total. The van der Waals surface area contributed by atoms with E-state index in [1.807, 2.05) is 61.2 Å². The van der Waals surface area contributed by atoms with Gasteiger partial charge in [-0.2, -0.15) is 0 Å². The fraction of sp³-hybridized carbons (Fsp3) is 0.208. The van der Waals surface area contributed by atoms with Gasteiger partial charge in [-0.05, 0) is 54.3 Å². The van der Waals surface area contributed by atoms with Crippen molar-refractivity contribution in [3.05, 3.63) is 94.8 Å². The Bertz CT molecular complexity index is 1020. The molecule has 0 aliphatic heterocycles. The van der Waals surface area contributed by atoms with Crippen LogP contribution in [0.2, 0.25) is 0 Å². The molecule has 3 rings (SSSR count). The van der Waals surface area contributed by atoms with Crippen LogP contribution < -0.4 is 5.32 Å². The third-order valence-electron chi connectivity index (χ3n) is 4.80. The Morgan fingerprint density at radius 3 is 2.45 bits per heavy atom. The summed E-state index contributed by atoms with van der Waals surface area (Å²) in [7, 11) is 0. The van der Waals surface area contributed by atoms with Gasteiger partial charge in [0.2, 0.25) is 5.91 Å². The number of hydrogen-bond acceptors (Lipinski definition) is 3. The Labute approximate surface area is 171 Å². The highest BCUT2D eigenvalue weighted by Crippen LogP contribution is 2.21. The molecule has 1 heterocycles. The van der Waals surface area contributed by atoms with E-state index in [4.69, 9.17) is 0 Å². The van der Waals surface area contributed by atoms with E-state index in [2.05, 4.69) is 10.3 Å². The number of carbonyl (C=O) groups excluding carboxylic acids is 2. The standard InChI is InChI=1S/C24H25N3O2/c1-17-7-4-5-9-22(17)16-27(15-20-8-6-12-25-14-20)24(29)21-11-10-18(2)23(13-21)26-19(3)28/h4-14H,15-16H2,1-3H3,(H,26,28). The first-order valence-corrected chi connectivity index (χ1v) is 9.55. The zero-order valence-electron chi connectivity index (χ0n) is 17.0. The van der Waals surface area contributed by atoms with Gasteiger partial charge in [-0.25, -0.2) is 0 Å². The molecule has 0 saturated carbocycles. The average molecular weight is 387 g/mol. The summed E-state index contributed by atoms with van der Waals surface area (Å²) in [5.41, 5.74) is 5.30. The number of benzene rings is 2. The summed E-state index contributed by atoms with van der Waals surface area (Å²) >= 11 is 0. The van der Waals surface area contributed by atoms with Gasteiger partial charge in [0.25, 0.3) is 5.91 Å². The van der Waals surface area contributed by atoms with Crippen LogP contribution in [0.3, 0.4) is 0 Å². The number of carbonyl (C=O) groups is 2. The molecule has 2 amide bonds. The molecule has 0 saturated heterocycles. The van der Waals surface area contributed by atoms with Crippen LogP contribution in [0.5, 0.6) is 0 Å². The van der Waals surface area contributed by atoms with Crippen LogP contribution in [-0.4, -0.2) is 21.7 Å². The van der Waals surface area contributed by atoms with Crippen LogP contribution in [0.15, 0.2) is 67.0 Å². The van der Waals surface area contributed by atoms with Crippen molar-refractivity contribution in [2.45, 2.75) is 33.9 Å². The van der Waals surface area contributed by atoms with Gasteiger partial charge in [-0.15, -0.1) is 0 Å². The SMILES string of the molecule is CC(=O)Nc1cc(C(=O)N(Cc2cccnc2)Cc2ccccc2C)ccc1C. The second-order valence-corrected chi connectivity index (χ2v) is 7.16. The minimum Gasteiger partial charge on any atom is -0.330 e. The average Bonchev–Trinajstić information content (AvgIpc) is 2.70. The number of nitrogens with one attached hydrogen (secondary N) is 1. The Balaban J connectivity index is 1.93. The molecule has 0 atom stereocenters. The number of aryl methyl sites for hydroxylation is 2. The summed E-state index contributed by atoms with van der Waals surface area (Å²) in [4.78, 5) is 30.9. The Kier molecular flexibility index (Phi) is 6.39. The lowest BCUT2D eigenvalue weighted by Gasteiger charge is -2.24. The lowest BCUT2D eigenvalue weighted by molar-refractivity contribution is -0.114. The summed E-state index contributed by atoms with van der Waals surface area (Å²) in [6.07, 6.45) is 3.49. The zero-order chi connectivity index (χ0) is 20.8. The number of amides is 2. The summed E-state index contributed by atoms with van der Waals surface area (Å²) < 4.78 is 0. The molecule has 5 heteroatoms. The number of nitrogens with zero attached hydrogens (tertiary/aromatic N) is 2. The van der Waals surface area contributed by atoms with E-state index in [1.165, 1.54) is 6.92 Å². The van der Waals surface area contributed by atoms with Gasteiger partial charge in [0, 0.05) is 43.7 Å². The van der Waals surface area contributed by atoms with Crippen LogP contribution >= 0.6 is 0 Å². The van der Waals surface area contributed by atoms with E-state index in [9.17, 15) is 9.59 Å². The topological polar surface area (TPSA) is 62.3 Å². The number of aromatic nitrogens is 1. The molecule has 0 bridgehead atoms. The summed E-state index contributed by atoms with van der Waals surface area (Å²) in [6.45, 7) is 6.35. The maximum Gasteiger partial charge on any atom is 0.254 e. The Hall–Kier alpha value is -3.47. The quantitative estimate of drug-likeness (QED) is 0.677. The number of rotatable bonds is 6. The molecule has 29 heavy (non-hydrogen) atoms. The fourth-order valence-electron chi connectivity index (χ4n) is 3.17. The molecule has 1 aromatic heterocycles. The molecule has 0 aliphatic rings. The summed E-state index contributed by atoms with van der Waals surface area (Å²) in [6, 6.07) is 17.3. The number of anilines is 1. The van der Waals surface area contributed by atoms with Crippen molar-refractivity contribution in [2.24, 2.45) is 0 Å². The van der Waals surface area contributed by atoms with Gasteiger partial charge in [0.05, 0.1) is 0 Å². The van der Waals surface area contributed by atoms with Gasteiger partial charge >= 0.3 is 0 Å². The van der Waals surface area contributed by atoms with Crippen molar-refractivity contribution in [1.82, 2.24) is 9.88 Å². The number of hydrogen-bond donors (Lipinski definition) is 1. The third kappa shape index (κ3) is 5.29. The van der Waals surface area contributed by atoms with Gasteiger partial charge in [0.15, 0.2) is 0 Å². The van der Waals surface area contributed by atoms with Crippen LogP contribution in [-0.2, 0) is 17.9 Å². The molecule has 148 valence electrons. The minimum atomic E-state index is -0.162. The minimum absolute atomic E-state index is 0.0938. The predicted molar refractivity (Wildman–Crippen MR) is 114 cm³/mol. The second kappa shape index (κ2) is 9.15. The highest BCUT2D eigenvalue weighted by molar-refractivity contribution is 5.97. The molecule has 0 unspecified atom stereocenters. The highest BCUT2D eigenvalue weighted by Gasteiger charge is 2.19. The van der Waals surface area contributed by atoms with Gasteiger partial charge < -0.3 is 10.2 Å². The van der Waals surface area contributed by atoms with Crippen molar-refractivity contribution in [3.63, 3.8) is 0 Å². The largest absolute Gasteiger partial charge is 0.330 e. The predicted octanol–water partition coefficient (Wildman–Crippen LogP) is 4.50. The molecule has 0 spiro atoms. The van der Waals surface area contributed by atoms with E-state index >= 15 is 0 Å². The van der Waals surface area contributed by atoms with E-state index in [1.54, 1.807) is 24.5 Å². The molecular weight excluding hydrogens is 362 g/mol. The van der Waals surface area contributed by atoms with Crippen LogP contribution in [0.25, 0.3) is 0 Å². The lowest BCUT2D eigenvalue weighted by Crippen LogP contribution is -2.30. The second-order valence-electron chi connectivity index (χ2n) is 7.16. The lowest BCUT2D eigenvalue weighted by atomic mass is 10.1. The normalized spacial score (nSPS) is 10.4. The number of pyridine rings is 1. The molecule has 0 fully saturated rings. The first-order chi connectivity index (χ1) is 13.9. The Morgan fingerprint density at radius 1 is 0.966 bits per heavy atom. The van der Waals surface area contributed by atoms with E-state index in [0.29, 0.717) is 24.3 Å². The van der Waals surface area contributed by atoms with Crippen molar-refractivity contribution < 1.29 is 9.59 Å². The first kappa shape index (κ1) is 20.3. The zero-order valence-corrected chi connectivity index (χ0v) is 17.0. The summed E-state index contributed by atoms with van der Waals surface area (Å²) in [5, 5.41) is 2.80. The molecule has 3 aromatic rings. The monoisotopic (exact) mass is 387 g/mol. The molecule has 2 aromatic carbocycles. The molecule has 0 aliphatic carbocycles. The Morgan fingerprint density at radius 2 is 1.76 bits per heavy atom. The van der Waals surface area contributed by atoms with Crippen LogP contribution in [0.4, 0.5) is 5.69 Å². The van der Waals surface area contributed by atoms with Gasteiger partial charge in [-0.1, -0.05) is 36.4 Å². The molecular formula is C24H25N3O2. The maximum atomic E-state index is 13.4. The smallest absolute Gasteiger partial charge is 0.254 e. The van der Waals surface area contributed by atoms with Crippen molar-refractivity contribution >= 4 is 17.5 Å².